The normalized spacial score (nSPS) is 11.2. The minimum absolute atomic E-state index is 0.000935. The second-order valence-corrected chi connectivity index (χ2v) is 5.04. The Hall–Kier alpha value is -1.98. The van der Waals surface area contributed by atoms with E-state index in [0.29, 0.717) is 19.7 Å². The molecule has 0 bridgehead atoms. The number of carboxylic acids is 1. The van der Waals surface area contributed by atoms with Crippen LogP contribution in [0, 0.1) is 6.92 Å². The smallest absolute Gasteiger partial charge is 0.317 e. The predicted octanol–water partition coefficient (Wildman–Crippen LogP) is 2.08. The first-order chi connectivity index (χ1) is 10.1. The molecule has 0 atom stereocenters. The second kappa shape index (κ2) is 7.15. The summed E-state index contributed by atoms with van der Waals surface area (Å²) in [5.74, 6) is -0.832. The van der Waals surface area contributed by atoms with E-state index in [1.54, 1.807) is 7.11 Å². The number of fused-ring (bicyclic) bond motifs is 1. The van der Waals surface area contributed by atoms with Crippen LogP contribution in [0.15, 0.2) is 30.3 Å². The third-order valence-corrected chi connectivity index (χ3v) is 3.29. The van der Waals surface area contributed by atoms with Gasteiger partial charge in [-0.25, -0.2) is 0 Å². The number of nitrogens with zero attached hydrogens (tertiary/aromatic N) is 2. The molecule has 0 unspecified atom stereocenters. The van der Waals surface area contributed by atoms with Crippen molar-refractivity contribution in [3.8, 4) is 0 Å². The van der Waals surface area contributed by atoms with E-state index in [1.807, 2.05) is 42.2 Å². The standard InChI is InChI=1S/C16H20N2O3/c1-12-9-13(14-5-3-4-6-15(14)17-12)10-18(7-8-21-2)11-16(19)20/h3-6,9H,7-8,10-11H2,1-2H3,(H,19,20). The topological polar surface area (TPSA) is 62.7 Å². The molecular formula is C16H20N2O3. The molecule has 21 heavy (non-hydrogen) atoms. The van der Waals surface area contributed by atoms with Gasteiger partial charge in [0.1, 0.15) is 0 Å². The van der Waals surface area contributed by atoms with Gasteiger partial charge in [-0.05, 0) is 24.6 Å². The number of rotatable bonds is 7. The number of para-hydroxylation sites is 1. The summed E-state index contributed by atoms with van der Waals surface area (Å²) in [6, 6.07) is 9.94. The number of hydrogen-bond donors (Lipinski definition) is 1. The Morgan fingerprint density at radius 2 is 2.14 bits per heavy atom. The van der Waals surface area contributed by atoms with Gasteiger partial charge in [0.15, 0.2) is 0 Å². The Morgan fingerprint density at radius 1 is 1.38 bits per heavy atom. The maximum atomic E-state index is 11.0. The molecule has 0 aliphatic carbocycles. The van der Waals surface area contributed by atoms with Crippen molar-refractivity contribution in [3.05, 3.63) is 41.6 Å². The average Bonchev–Trinajstić information content (AvgIpc) is 2.44. The van der Waals surface area contributed by atoms with Gasteiger partial charge in [0.05, 0.1) is 18.7 Å². The molecule has 0 saturated heterocycles. The molecule has 0 spiro atoms. The highest BCUT2D eigenvalue weighted by atomic mass is 16.5. The van der Waals surface area contributed by atoms with Crippen molar-refractivity contribution in [3.63, 3.8) is 0 Å². The van der Waals surface area contributed by atoms with Gasteiger partial charge in [0.25, 0.3) is 0 Å². The molecule has 0 aliphatic rings. The third-order valence-electron chi connectivity index (χ3n) is 3.29. The van der Waals surface area contributed by atoms with Crippen molar-refractivity contribution >= 4 is 16.9 Å². The molecule has 1 N–H and O–H groups in total. The Labute approximate surface area is 124 Å². The zero-order valence-corrected chi connectivity index (χ0v) is 12.4. The fraction of sp³-hybridized carbons (Fsp3) is 0.375. The second-order valence-electron chi connectivity index (χ2n) is 5.04. The maximum absolute atomic E-state index is 11.0. The number of pyridine rings is 1. The van der Waals surface area contributed by atoms with Crippen molar-refractivity contribution in [1.82, 2.24) is 9.88 Å². The van der Waals surface area contributed by atoms with E-state index in [9.17, 15) is 4.79 Å². The molecule has 5 nitrogen and oxygen atoms in total. The summed E-state index contributed by atoms with van der Waals surface area (Å²) < 4.78 is 5.06. The van der Waals surface area contributed by atoms with Crippen LogP contribution in [0.2, 0.25) is 0 Å². The number of methoxy groups -OCH3 is 1. The van der Waals surface area contributed by atoms with Crippen molar-refractivity contribution in [2.24, 2.45) is 0 Å². The molecule has 2 aromatic rings. The lowest BCUT2D eigenvalue weighted by molar-refractivity contribution is -0.138. The lowest BCUT2D eigenvalue weighted by atomic mass is 10.1. The lowest BCUT2D eigenvalue weighted by Gasteiger charge is -2.21. The summed E-state index contributed by atoms with van der Waals surface area (Å²) in [7, 11) is 1.62. The van der Waals surface area contributed by atoms with Gasteiger partial charge < -0.3 is 9.84 Å². The summed E-state index contributed by atoms with van der Waals surface area (Å²) >= 11 is 0. The molecule has 1 aromatic heterocycles. The van der Waals surface area contributed by atoms with Crippen molar-refractivity contribution < 1.29 is 14.6 Å². The Kier molecular flexibility index (Phi) is 5.25. The predicted molar refractivity (Wildman–Crippen MR) is 81.3 cm³/mol. The highest BCUT2D eigenvalue weighted by molar-refractivity contribution is 5.82. The minimum Gasteiger partial charge on any atom is -0.480 e. The zero-order valence-electron chi connectivity index (χ0n) is 12.4. The summed E-state index contributed by atoms with van der Waals surface area (Å²) in [4.78, 5) is 17.4. The molecule has 0 radical (unpaired) electrons. The fourth-order valence-corrected chi connectivity index (χ4v) is 2.39. The SMILES string of the molecule is COCCN(CC(=O)O)Cc1cc(C)nc2ccccc12. The van der Waals surface area contributed by atoms with Crippen LogP contribution >= 0.6 is 0 Å². The lowest BCUT2D eigenvalue weighted by Crippen LogP contribution is -2.32. The van der Waals surface area contributed by atoms with E-state index in [1.165, 1.54) is 0 Å². The first-order valence-electron chi connectivity index (χ1n) is 6.88. The number of hydrogen-bond acceptors (Lipinski definition) is 4. The Morgan fingerprint density at radius 3 is 2.86 bits per heavy atom. The largest absolute Gasteiger partial charge is 0.480 e. The molecule has 0 saturated carbocycles. The third kappa shape index (κ3) is 4.24. The van der Waals surface area contributed by atoms with E-state index < -0.39 is 5.97 Å². The maximum Gasteiger partial charge on any atom is 0.317 e. The van der Waals surface area contributed by atoms with Gasteiger partial charge in [-0.3, -0.25) is 14.7 Å². The molecule has 5 heteroatoms. The number of aromatic nitrogens is 1. The fourth-order valence-electron chi connectivity index (χ4n) is 2.39. The van der Waals surface area contributed by atoms with Crippen LogP contribution in [0.5, 0.6) is 0 Å². The number of benzene rings is 1. The summed E-state index contributed by atoms with van der Waals surface area (Å²) in [5, 5.41) is 10.1. The first kappa shape index (κ1) is 15.4. The van der Waals surface area contributed by atoms with Crippen molar-refractivity contribution in [2.75, 3.05) is 26.8 Å². The van der Waals surface area contributed by atoms with Gasteiger partial charge in [-0.2, -0.15) is 0 Å². The van der Waals surface area contributed by atoms with Crippen LogP contribution in [0.25, 0.3) is 10.9 Å². The van der Waals surface area contributed by atoms with E-state index in [2.05, 4.69) is 4.98 Å². The van der Waals surface area contributed by atoms with Crippen LogP contribution in [0.4, 0.5) is 0 Å². The van der Waals surface area contributed by atoms with E-state index in [0.717, 1.165) is 22.2 Å². The van der Waals surface area contributed by atoms with E-state index in [4.69, 9.17) is 9.84 Å². The monoisotopic (exact) mass is 288 g/mol. The van der Waals surface area contributed by atoms with Crippen molar-refractivity contribution in [1.29, 1.82) is 0 Å². The van der Waals surface area contributed by atoms with Gasteiger partial charge in [0, 0.05) is 31.3 Å². The zero-order chi connectivity index (χ0) is 15.2. The van der Waals surface area contributed by atoms with E-state index in [-0.39, 0.29) is 6.54 Å². The van der Waals surface area contributed by atoms with Gasteiger partial charge in [0.2, 0.25) is 0 Å². The van der Waals surface area contributed by atoms with E-state index >= 15 is 0 Å². The van der Waals surface area contributed by atoms with Crippen LogP contribution in [0.1, 0.15) is 11.3 Å². The molecule has 2 rings (SSSR count). The molecule has 1 heterocycles. The summed E-state index contributed by atoms with van der Waals surface area (Å²) in [5.41, 5.74) is 2.97. The summed E-state index contributed by atoms with van der Waals surface area (Å²) in [6.45, 7) is 3.61. The highest BCUT2D eigenvalue weighted by Crippen LogP contribution is 2.19. The molecular weight excluding hydrogens is 268 g/mol. The van der Waals surface area contributed by atoms with Crippen LogP contribution in [-0.2, 0) is 16.1 Å². The van der Waals surface area contributed by atoms with Gasteiger partial charge in [-0.1, -0.05) is 18.2 Å². The number of ether oxygens (including phenoxy) is 1. The molecule has 0 fully saturated rings. The Bertz CT molecular complexity index is 628. The molecule has 1 aromatic carbocycles. The van der Waals surface area contributed by atoms with Crippen LogP contribution in [0.3, 0.4) is 0 Å². The quantitative estimate of drug-likeness (QED) is 0.845. The Balaban J connectivity index is 2.28. The number of aliphatic carboxylic acids is 1. The number of carbonyl (C=O) groups is 1. The van der Waals surface area contributed by atoms with Crippen molar-refractivity contribution in [2.45, 2.75) is 13.5 Å². The summed E-state index contributed by atoms with van der Waals surface area (Å²) in [6.07, 6.45) is 0. The van der Waals surface area contributed by atoms with Crippen LogP contribution in [-0.4, -0.2) is 47.8 Å². The first-order valence-corrected chi connectivity index (χ1v) is 6.88. The van der Waals surface area contributed by atoms with Crippen LogP contribution < -0.4 is 0 Å². The minimum atomic E-state index is -0.832. The average molecular weight is 288 g/mol. The molecule has 0 aliphatic heterocycles. The highest BCUT2D eigenvalue weighted by Gasteiger charge is 2.12. The van der Waals surface area contributed by atoms with Gasteiger partial charge >= 0.3 is 5.97 Å². The molecule has 112 valence electrons. The molecule has 0 amide bonds. The van der Waals surface area contributed by atoms with Gasteiger partial charge in [-0.15, -0.1) is 0 Å². The number of aryl methyl sites for hydroxylation is 1. The number of carboxylic acid groups (broad SMARTS) is 1.